The Morgan fingerprint density at radius 3 is 1.20 bits per heavy atom. The predicted octanol–water partition coefficient (Wildman–Crippen LogP) is 12.6. The fourth-order valence-corrected chi connectivity index (χ4v) is 5.93. The van der Waals surface area contributed by atoms with E-state index in [1.807, 2.05) is 20.8 Å². The first-order valence-corrected chi connectivity index (χ1v) is 20.8. The number of carbonyl (C=O) groups is 2. The summed E-state index contributed by atoms with van der Waals surface area (Å²) in [7, 11) is 0. The molecule has 0 aliphatic rings. The molecule has 0 bridgehead atoms. The lowest BCUT2D eigenvalue weighted by molar-refractivity contribution is -0.176. The van der Waals surface area contributed by atoms with Gasteiger partial charge < -0.3 is 14.6 Å². The van der Waals surface area contributed by atoms with Crippen molar-refractivity contribution in [2.24, 2.45) is 0 Å². The molecule has 0 fully saturated rings. The molecule has 2 N–H and O–H groups in total. The number of aliphatic hydroxyl groups excluding tert-OH is 1. The van der Waals surface area contributed by atoms with Crippen molar-refractivity contribution in [2.75, 3.05) is 6.61 Å². The molecule has 0 aromatic heterocycles. The molecule has 0 aliphatic carbocycles. The van der Waals surface area contributed by atoms with Crippen LogP contribution in [0.4, 0.5) is 0 Å². The van der Waals surface area contributed by atoms with Gasteiger partial charge in [-0.1, -0.05) is 141 Å². The molecule has 2 unspecified atom stereocenters. The molecule has 0 amide bonds. The molecule has 0 aromatic rings. The Morgan fingerprint density at radius 2 is 0.860 bits per heavy atom. The number of rotatable bonds is 35. The van der Waals surface area contributed by atoms with Gasteiger partial charge in [-0.15, -0.1) is 12.4 Å². The van der Waals surface area contributed by atoms with Crippen molar-refractivity contribution in [2.45, 2.75) is 232 Å². The first kappa shape index (κ1) is 50.7. The van der Waals surface area contributed by atoms with E-state index >= 15 is 0 Å². The summed E-state index contributed by atoms with van der Waals surface area (Å²) < 4.78 is 11.3. The molecule has 0 saturated carbocycles. The second-order valence-electron chi connectivity index (χ2n) is 15.2. The van der Waals surface area contributed by atoms with E-state index in [2.05, 4.69) is 43.5 Å². The summed E-state index contributed by atoms with van der Waals surface area (Å²) in [5.41, 5.74) is -0.392. The normalized spacial score (nSPS) is 13.1. The van der Waals surface area contributed by atoms with E-state index in [4.69, 9.17) is 9.47 Å². The summed E-state index contributed by atoms with van der Waals surface area (Å²) >= 11 is 0. The highest BCUT2D eigenvalue weighted by Crippen LogP contribution is 2.15. The zero-order valence-corrected chi connectivity index (χ0v) is 34.3. The summed E-state index contributed by atoms with van der Waals surface area (Å²) in [6.45, 7) is 9.98. The summed E-state index contributed by atoms with van der Waals surface area (Å²) in [6.07, 6.45) is 39.4. The lowest BCUT2D eigenvalue weighted by atomic mass is 10.1. The van der Waals surface area contributed by atoms with E-state index in [0.29, 0.717) is 12.8 Å². The number of carbonyl (C=O) groups excluding carboxylic acids is 2. The maximum absolute atomic E-state index is 12.7. The highest BCUT2D eigenvalue weighted by atomic mass is 35.5. The Hall–Kier alpha value is -1.37. The maximum atomic E-state index is 12.7. The molecule has 0 aliphatic heterocycles. The summed E-state index contributed by atoms with van der Waals surface area (Å²) in [5.74, 6) is -0.684. The van der Waals surface area contributed by atoms with Gasteiger partial charge in [0.05, 0.1) is 6.61 Å². The van der Waals surface area contributed by atoms with Crippen molar-refractivity contribution in [3.63, 3.8) is 0 Å². The third-order valence-corrected chi connectivity index (χ3v) is 8.92. The van der Waals surface area contributed by atoms with Crippen molar-refractivity contribution < 1.29 is 24.2 Å². The topological polar surface area (TPSA) is 84.9 Å². The standard InChI is InChI=1S/C43H81NO5.ClH/c1-6-8-10-12-14-16-18-20-22-24-26-28-30-32-34-36-40(46)48-39(38-45)42(44-43(3,4)5)49-41(47)37-35-33-31-29-27-25-23-21-19-17-15-13-11-9-7-2;/h20-23,39,42,44-45H,6-19,24-38H2,1-5H3;1H/b22-20-,23-21-;. The van der Waals surface area contributed by atoms with Crippen LogP contribution in [0.1, 0.15) is 214 Å². The van der Waals surface area contributed by atoms with Gasteiger partial charge in [-0.2, -0.15) is 0 Å². The minimum Gasteiger partial charge on any atom is -0.454 e. The monoisotopic (exact) mass is 728 g/mol. The van der Waals surface area contributed by atoms with Gasteiger partial charge in [-0.25, -0.2) is 0 Å². The third-order valence-electron chi connectivity index (χ3n) is 8.92. The first-order chi connectivity index (χ1) is 23.7. The minimum atomic E-state index is -0.937. The Balaban J connectivity index is 0. The van der Waals surface area contributed by atoms with E-state index in [1.165, 1.54) is 116 Å². The van der Waals surface area contributed by atoms with Gasteiger partial charge >= 0.3 is 11.9 Å². The van der Waals surface area contributed by atoms with Gasteiger partial charge in [0.1, 0.15) is 0 Å². The van der Waals surface area contributed by atoms with Crippen LogP contribution < -0.4 is 5.32 Å². The van der Waals surface area contributed by atoms with Gasteiger partial charge in [0, 0.05) is 18.4 Å². The highest BCUT2D eigenvalue weighted by Gasteiger charge is 2.31. The molecule has 0 rings (SSSR count). The number of unbranched alkanes of at least 4 members (excludes halogenated alkanes) is 22. The van der Waals surface area contributed by atoms with Crippen LogP contribution in [0.3, 0.4) is 0 Å². The number of allylic oxidation sites excluding steroid dienone is 4. The van der Waals surface area contributed by atoms with Crippen molar-refractivity contribution in [1.82, 2.24) is 5.32 Å². The Bertz CT molecular complexity index is 810. The van der Waals surface area contributed by atoms with Crippen LogP contribution in [0.25, 0.3) is 0 Å². The maximum Gasteiger partial charge on any atom is 0.307 e. The SMILES string of the molecule is CCCCCCCC/C=C\CCCCCCCC(=O)OC(CO)C(NC(C)(C)C)OC(=O)CCCCCCC/C=C\CCCCCCCC.Cl. The number of esters is 2. The summed E-state index contributed by atoms with van der Waals surface area (Å²) in [5, 5.41) is 13.3. The van der Waals surface area contributed by atoms with E-state index < -0.39 is 24.5 Å². The fourth-order valence-electron chi connectivity index (χ4n) is 5.93. The molecule has 296 valence electrons. The van der Waals surface area contributed by atoms with Crippen LogP contribution in [0, 0.1) is 0 Å². The number of ether oxygens (including phenoxy) is 2. The van der Waals surface area contributed by atoms with Crippen molar-refractivity contribution in [3.8, 4) is 0 Å². The van der Waals surface area contributed by atoms with Crippen LogP contribution in [-0.4, -0.2) is 41.5 Å². The Labute approximate surface area is 316 Å². The highest BCUT2D eigenvalue weighted by molar-refractivity contribution is 5.85. The molecule has 0 saturated heterocycles. The molecule has 0 aromatic carbocycles. The van der Waals surface area contributed by atoms with Gasteiger partial charge in [-0.05, 0) is 85.0 Å². The zero-order valence-electron chi connectivity index (χ0n) is 33.5. The van der Waals surface area contributed by atoms with Crippen LogP contribution in [0.2, 0.25) is 0 Å². The smallest absolute Gasteiger partial charge is 0.307 e. The zero-order chi connectivity index (χ0) is 36.3. The number of nitrogens with one attached hydrogen (secondary N) is 1. The predicted molar refractivity (Wildman–Crippen MR) is 216 cm³/mol. The Morgan fingerprint density at radius 1 is 0.540 bits per heavy atom. The van der Waals surface area contributed by atoms with Crippen molar-refractivity contribution in [3.05, 3.63) is 24.3 Å². The third kappa shape index (κ3) is 36.4. The number of hydrogen-bond donors (Lipinski definition) is 2. The van der Waals surface area contributed by atoms with E-state index in [-0.39, 0.29) is 24.3 Å². The van der Waals surface area contributed by atoms with Crippen molar-refractivity contribution >= 4 is 24.3 Å². The van der Waals surface area contributed by atoms with Gasteiger partial charge in [0.2, 0.25) is 0 Å². The molecule has 0 radical (unpaired) electrons. The van der Waals surface area contributed by atoms with Gasteiger partial charge in [0.25, 0.3) is 0 Å². The average molecular weight is 729 g/mol. The van der Waals surface area contributed by atoms with E-state index in [0.717, 1.165) is 51.4 Å². The second-order valence-corrected chi connectivity index (χ2v) is 15.2. The van der Waals surface area contributed by atoms with Crippen LogP contribution in [0.15, 0.2) is 24.3 Å². The molecule has 2 atom stereocenters. The summed E-state index contributed by atoms with van der Waals surface area (Å²) in [4.78, 5) is 25.3. The Kier molecular flexibility index (Phi) is 37.9. The van der Waals surface area contributed by atoms with Gasteiger partial charge in [-0.3, -0.25) is 14.9 Å². The molecule has 50 heavy (non-hydrogen) atoms. The van der Waals surface area contributed by atoms with E-state index in [1.54, 1.807) is 0 Å². The molecule has 0 spiro atoms. The number of hydrogen-bond acceptors (Lipinski definition) is 6. The number of aliphatic hydroxyl groups is 1. The molecule has 0 heterocycles. The lowest BCUT2D eigenvalue weighted by Crippen LogP contribution is -2.54. The second kappa shape index (κ2) is 37.4. The minimum absolute atomic E-state index is 0. The molecular formula is C43H82ClNO5. The first-order valence-electron chi connectivity index (χ1n) is 20.8. The number of halogens is 1. The summed E-state index contributed by atoms with van der Waals surface area (Å²) in [6, 6.07) is 0. The quantitative estimate of drug-likeness (QED) is 0.0293. The van der Waals surface area contributed by atoms with Gasteiger partial charge in [0.15, 0.2) is 12.3 Å². The van der Waals surface area contributed by atoms with Crippen LogP contribution in [-0.2, 0) is 19.1 Å². The average Bonchev–Trinajstić information content (AvgIpc) is 3.06. The fraction of sp³-hybridized carbons (Fsp3) is 0.860. The van der Waals surface area contributed by atoms with E-state index in [9.17, 15) is 14.7 Å². The molecular weight excluding hydrogens is 646 g/mol. The van der Waals surface area contributed by atoms with Crippen LogP contribution >= 0.6 is 12.4 Å². The lowest BCUT2D eigenvalue weighted by Gasteiger charge is -2.32. The molecule has 7 heteroatoms. The largest absolute Gasteiger partial charge is 0.454 e. The van der Waals surface area contributed by atoms with Crippen LogP contribution in [0.5, 0.6) is 0 Å². The van der Waals surface area contributed by atoms with Crippen molar-refractivity contribution in [1.29, 1.82) is 0 Å². The molecule has 6 nitrogen and oxygen atoms in total.